The largest absolute Gasteiger partial charge is 0.340 e. The van der Waals surface area contributed by atoms with Crippen LogP contribution in [0.4, 0.5) is 0 Å². The fourth-order valence-corrected chi connectivity index (χ4v) is 2.97. The summed E-state index contributed by atoms with van der Waals surface area (Å²) in [4.78, 5) is 37.2. The number of nitrogens with one attached hydrogen (secondary N) is 3. The molecule has 1 aromatic carbocycles. The maximum Gasteiger partial charge on any atom is 0.279 e. The predicted octanol–water partition coefficient (Wildman–Crippen LogP) is 3.01. The molecule has 138 valence electrons. The van der Waals surface area contributed by atoms with E-state index >= 15 is 0 Å². The normalized spacial score (nSPS) is 11.7. The van der Waals surface area contributed by atoms with Crippen LogP contribution in [0, 0.1) is 5.92 Å². The van der Waals surface area contributed by atoms with E-state index in [1.54, 1.807) is 41.8 Å². The van der Waals surface area contributed by atoms with Crippen molar-refractivity contribution in [2.75, 3.05) is 0 Å². The Labute approximate surface area is 160 Å². The van der Waals surface area contributed by atoms with Gasteiger partial charge in [-0.25, -0.2) is 0 Å². The summed E-state index contributed by atoms with van der Waals surface area (Å²) in [7, 11) is 0. The molecule has 0 spiro atoms. The lowest BCUT2D eigenvalue weighted by molar-refractivity contribution is -0.124. The Balaban J connectivity index is 1.98. The molecule has 8 heteroatoms. The molecule has 3 N–H and O–H groups in total. The molecule has 0 aliphatic rings. The molecule has 2 aromatic rings. The fraction of sp³-hybridized carbons (Fsp3) is 0.278. The van der Waals surface area contributed by atoms with Crippen LogP contribution in [-0.4, -0.2) is 23.8 Å². The zero-order valence-corrected chi connectivity index (χ0v) is 16.0. The SMILES string of the molecule is CC(C)C[C@H](NC(=O)c1ccc(Cl)cc1)C(=O)NNC(=O)c1cccs1. The Kier molecular flexibility index (Phi) is 7.17. The first-order valence-electron chi connectivity index (χ1n) is 8.07. The average Bonchev–Trinajstić information content (AvgIpc) is 3.13. The highest BCUT2D eigenvalue weighted by atomic mass is 35.5. The van der Waals surface area contributed by atoms with Gasteiger partial charge in [0.15, 0.2) is 0 Å². The van der Waals surface area contributed by atoms with E-state index in [0.29, 0.717) is 21.9 Å². The molecule has 0 saturated carbocycles. The second-order valence-electron chi connectivity index (χ2n) is 6.08. The molecule has 1 heterocycles. The van der Waals surface area contributed by atoms with Gasteiger partial charge in [-0.3, -0.25) is 25.2 Å². The number of carbonyl (C=O) groups excluding carboxylic acids is 3. The first kappa shape index (κ1) is 19.9. The summed E-state index contributed by atoms with van der Waals surface area (Å²) in [6.07, 6.45) is 0.431. The highest BCUT2D eigenvalue weighted by Crippen LogP contribution is 2.11. The van der Waals surface area contributed by atoms with Gasteiger partial charge in [0.2, 0.25) is 0 Å². The number of hydrazine groups is 1. The average molecular weight is 394 g/mol. The predicted molar refractivity (Wildman–Crippen MR) is 102 cm³/mol. The molecule has 0 aliphatic carbocycles. The van der Waals surface area contributed by atoms with E-state index in [-0.39, 0.29) is 11.8 Å². The summed E-state index contributed by atoms with van der Waals surface area (Å²) >= 11 is 7.09. The van der Waals surface area contributed by atoms with Crippen molar-refractivity contribution in [3.05, 3.63) is 57.2 Å². The summed E-state index contributed by atoms with van der Waals surface area (Å²) in [5, 5.41) is 4.99. The van der Waals surface area contributed by atoms with Gasteiger partial charge in [-0.2, -0.15) is 0 Å². The monoisotopic (exact) mass is 393 g/mol. The molecule has 0 unspecified atom stereocenters. The first-order chi connectivity index (χ1) is 12.4. The van der Waals surface area contributed by atoms with Crippen LogP contribution in [0.25, 0.3) is 0 Å². The van der Waals surface area contributed by atoms with Crippen molar-refractivity contribution in [3.8, 4) is 0 Å². The Morgan fingerprint density at radius 3 is 2.31 bits per heavy atom. The van der Waals surface area contributed by atoms with Gasteiger partial charge in [-0.1, -0.05) is 31.5 Å². The van der Waals surface area contributed by atoms with Crippen LogP contribution in [0.15, 0.2) is 41.8 Å². The van der Waals surface area contributed by atoms with Gasteiger partial charge in [-0.05, 0) is 48.1 Å². The highest BCUT2D eigenvalue weighted by Gasteiger charge is 2.23. The molecule has 0 bridgehead atoms. The van der Waals surface area contributed by atoms with Gasteiger partial charge in [0, 0.05) is 10.6 Å². The lowest BCUT2D eigenvalue weighted by atomic mass is 10.0. The maximum atomic E-state index is 12.4. The van der Waals surface area contributed by atoms with E-state index in [9.17, 15) is 14.4 Å². The Morgan fingerprint density at radius 2 is 1.73 bits per heavy atom. The summed E-state index contributed by atoms with van der Waals surface area (Å²) < 4.78 is 0. The Hall–Kier alpha value is -2.38. The van der Waals surface area contributed by atoms with Crippen molar-refractivity contribution in [2.24, 2.45) is 5.92 Å². The third-order valence-electron chi connectivity index (χ3n) is 3.48. The van der Waals surface area contributed by atoms with E-state index in [0.717, 1.165) is 0 Å². The highest BCUT2D eigenvalue weighted by molar-refractivity contribution is 7.12. The van der Waals surface area contributed by atoms with Gasteiger partial charge in [0.05, 0.1) is 4.88 Å². The van der Waals surface area contributed by atoms with Crippen molar-refractivity contribution < 1.29 is 14.4 Å². The number of amides is 3. The van der Waals surface area contributed by atoms with Crippen molar-refractivity contribution in [1.29, 1.82) is 0 Å². The van der Waals surface area contributed by atoms with Crippen LogP contribution in [-0.2, 0) is 4.79 Å². The molecule has 6 nitrogen and oxygen atoms in total. The quantitative estimate of drug-likeness (QED) is 0.659. The van der Waals surface area contributed by atoms with Crippen LogP contribution >= 0.6 is 22.9 Å². The molecular formula is C18H20ClN3O3S. The molecule has 0 saturated heterocycles. The summed E-state index contributed by atoms with van der Waals surface area (Å²) in [5.41, 5.74) is 5.14. The van der Waals surface area contributed by atoms with E-state index in [1.807, 2.05) is 13.8 Å². The fourth-order valence-electron chi connectivity index (χ4n) is 2.22. The maximum absolute atomic E-state index is 12.4. The number of carbonyl (C=O) groups is 3. The topological polar surface area (TPSA) is 87.3 Å². The second kappa shape index (κ2) is 9.35. The van der Waals surface area contributed by atoms with E-state index in [1.165, 1.54) is 11.3 Å². The molecule has 26 heavy (non-hydrogen) atoms. The first-order valence-corrected chi connectivity index (χ1v) is 9.32. The van der Waals surface area contributed by atoms with Crippen LogP contribution < -0.4 is 16.2 Å². The van der Waals surface area contributed by atoms with Gasteiger partial charge in [0.25, 0.3) is 17.7 Å². The minimum atomic E-state index is -0.776. The van der Waals surface area contributed by atoms with E-state index < -0.39 is 17.9 Å². The number of rotatable bonds is 6. The number of thiophene rings is 1. The summed E-state index contributed by atoms with van der Waals surface area (Å²) in [6.45, 7) is 3.89. The number of benzene rings is 1. The molecule has 0 radical (unpaired) electrons. The zero-order valence-electron chi connectivity index (χ0n) is 14.4. The summed E-state index contributed by atoms with van der Waals surface area (Å²) in [6, 6.07) is 9.00. The molecule has 0 aliphatic heterocycles. The van der Waals surface area contributed by atoms with Crippen LogP contribution in [0.1, 0.15) is 40.3 Å². The van der Waals surface area contributed by atoms with Crippen molar-refractivity contribution in [1.82, 2.24) is 16.2 Å². The lowest BCUT2D eigenvalue weighted by Gasteiger charge is -2.20. The molecule has 0 fully saturated rings. The third kappa shape index (κ3) is 5.86. The molecular weight excluding hydrogens is 374 g/mol. The van der Waals surface area contributed by atoms with Crippen LogP contribution in [0.5, 0.6) is 0 Å². The van der Waals surface area contributed by atoms with E-state index in [2.05, 4.69) is 16.2 Å². The zero-order chi connectivity index (χ0) is 19.1. The molecule has 3 amide bonds. The third-order valence-corrected chi connectivity index (χ3v) is 4.60. The standard InChI is InChI=1S/C18H20ClN3O3S/c1-11(2)10-14(20-16(23)12-5-7-13(19)8-6-12)17(24)21-22-18(25)15-4-3-9-26-15/h3-9,11,14H,10H2,1-2H3,(H,20,23)(H,21,24)(H,22,25)/t14-/m0/s1. The number of hydrogen-bond acceptors (Lipinski definition) is 4. The van der Waals surface area contributed by atoms with Crippen LogP contribution in [0.2, 0.25) is 5.02 Å². The summed E-state index contributed by atoms with van der Waals surface area (Å²) in [5.74, 6) is -1.09. The molecule has 2 rings (SSSR count). The minimum absolute atomic E-state index is 0.171. The van der Waals surface area contributed by atoms with Gasteiger partial charge < -0.3 is 5.32 Å². The Bertz CT molecular complexity index is 760. The smallest absolute Gasteiger partial charge is 0.279 e. The minimum Gasteiger partial charge on any atom is -0.340 e. The van der Waals surface area contributed by atoms with Gasteiger partial charge in [0.1, 0.15) is 6.04 Å². The van der Waals surface area contributed by atoms with Crippen LogP contribution in [0.3, 0.4) is 0 Å². The van der Waals surface area contributed by atoms with Gasteiger partial charge in [-0.15, -0.1) is 11.3 Å². The van der Waals surface area contributed by atoms with E-state index in [4.69, 9.17) is 11.6 Å². The second-order valence-corrected chi connectivity index (χ2v) is 7.47. The number of hydrogen-bond donors (Lipinski definition) is 3. The number of halogens is 1. The van der Waals surface area contributed by atoms with Crippen molar-refractivity contribution in [2.45, 2.75) is 26.3 Å². The molecule has 1 atom stereocenters. The van der Waals surface area contributed by atoms with Crippen molar-refractivity contribution >= 4 is 40.7 Å². The van der Waals surface area contributed by atoms with Crippen molar-refractivity contribution in [3.63, 3.8) is 0 Å². The van der Waals surface area contributed by atoms with Gasteiger partial charge >= 0.3 is 0 Å². The Morgan fingerprint density at radius 1 is 1.04 bits per heavy atom. The lowest BCUT2D eigenvalue weighted by Crippen LogP contribution is -2.52. The molecule has 1 aromatic heterocycles.